The number of nitrogens with one attached hydrogen (secondary N) is 1. The molecule has 3 aromatic rings. The lowest BCUT2D eigenvalue weighted by Crippen LogP contribution is -2.64. The van der Waals surface area contributed by atoms with Crippen LogP contribution < -0.4 is 15.1 Å². The van der Waals surface area contributed by atoms with E-state index in [1.165, 1.54) is 10.5 Å². The van der Waals surface area contributed by atoms with E-state index in [9.17, 15) is 9.59 Å². The molecule has 1 N–H and O–H groups in total. The Morgan fingerprint density at radius 3 is 2.03 bits per heavy atom. The first-order valence-electron chi connectivity index (χ1n) is 11.8. The first-order chi connectivity index (χ1) is 16.9. The number of carbonyl (C=O) groups is 2. The average molecular weight is 469 g/mol. The molecule has 7 heteroatoms. The fraction of sp³-hybridized carbons (Fsp3) is 0.250. The van der Waals surface area contributed by atoms with Gasteiger partial charge in [0.05, 0.1) is 18.9 Å². The Morgan fingerprint density at radius 1 is 0.914 bits per heavy atom. The van der Waals surface area contributed by atoms with Crippen molar-refractivity contribution in [2.75, 3.05) is 28.3 Å². The van der Waals surface area contributed by atoms with Crippen LogP contribution in [0.3, 0.4) is 0 Å². The van der Waals surface area contributed by atoms with Gasteiger partial charge in [0.25, 0.3) is 0 Å². The Morgan fingerprint density at radius 2 is 1.49 bits per heavy atom. The van der Waals surface area contributed by atoms with Gasteiger partial charge in [-0.25, -0.2) is 14.5 Å². The average Bonchev–Trinajstić information content (AvgIpc) is 3.09. The highest BCUT2D eigenvalue weighted by atomic mass is 16.5. The summed E-state index contributed by atoms with van der Waals surface area (Å²) in [7, 11) is 0. The summed E-state index contributed by atoms with van der Waals surface area (Å²) in [5.41, 5.74) is 4.53. The fourth-order valence-corrected chi connectivity index (χ4v) is 4.44. The van der Waals surface area contributed by atoms with Crippen LogP contribution in [0.1, 0.15) is 23.6 Å². The van der Waals surface area contributed by atoms with Gasteiger partial charge in [0.15, 0.2) is 11.4 Å². The first-order valence-corrected chi connectivity index (χ1v) is 11.8. The van der Waals surface area contributed by atoms with Crippen molar-refractivity contribution < 1.29 is 14.3 Å². The molecule has 1 spiro atoms. The Labute approximate surface area is 205 Å². The molecule has 35 heavy (non-hydrogen) atoms. The summed E-state index contributed by atoms with van der Waals surface area (Å²) >= 11 is 0. The Hall–Kier alpha value is -3.97. The predicted octanol–water partition coefficient (Wildman–Crippen LogP) is 5.71. The maximum Gasteiger partial charge on any atom is 0.347 e. The highest BCUT2D eigenvalue weighted by Crippen LogP contribution is 2.41. The fourth-order valence-electron chi connectivity index (χ4n) is 4.44. The Bertz CT molecular complexity index is 1280. The lowest BCUT2D eigenvalue weighted by molar-refractivity contribution is -0.0152. The van der Waals surface area contributed by atoms with Crippen molar-refractivity contribution in [3.05, 3.63) is 89.5 Å². The van der Waals surface area contributed by atoms with Crippen LogP contribution in [0.4, 0.5) is 26.7 Å². The predicted molar refractivity (Wildman–Crippen MR) is 139 cm³/mol. The summed E-state index contributed by atoms with van der Waals surface area (Å²) in [6.45, 7) is 6.58. The zero-order valence-corrected chi connectivity index (χ0v) is 20.1. The normalized spacial score (nSPS) is 17.7. The summed E-state index contributed by atoms with van der Waals surface area (Å²) in [6.07, 6.45) is 0.907. The Balaban J connectivity index is 1.58. The highest BCUT2D eigenvalue weighted by molar-refractivity contribution is 6.34. The number of carbonyl (C=O) groups excluding carboxylic acids is 2. The number of aliphatic imine (C=N–C) groups is 1. The maximum absolute atomic E-state index is 13.9. The number of urea groups is 2. The molecule has 178 valence electrons. The lowest BCUT2D eigenvalue weighted by Gasteiger charge is -2.43. The van der Waals surface area contributed by atoms with Crippen LogP contribution in [0.2, 0.25) is 0 Å². The second-order valence-corrected chi connectivity index (χ2v) is 9.06. The van der Waals surface area contributed by atoms with Crippen LogP contribution in [-0.2, 0) is 11.2 Å². The summed E-state index contributed by atoms with van der Waals surface area (Å²) in [5.74, 6) is 0.363. The molecule has 2 heterocycles. The van der Waals surface area contributed by atoms with Crippen LogP contribution in [0.25, 0.3) is 0 Å². The molecule has 3 aromatic carbocycles. The number of ether oxygens (including phenoxy) is 1. The molecule has 0 unspecified atom stereocenters. The molecule has 0 atom stereocenters. The van der Waals surface area contributed by atoms with Crippen molar-refractivity contribution in [2.24, 2.45) is 4.99 Å². The number of hydrogen-bond acceptors (Lipinski definition) is 3. The van der Waals surface area contributed by atoms with Gasteiger partial charge in [-0.15, -0.1) is 0 Å². The minimum Gasteiger partial charge on any atom is -0.375 e. The number of rotatable bonds is 4. The molecule has 7 nitrogen and oxygen atoms in total. The summed E-state index contributed by atoms with van der Waals surface area (Å²) < 4.78 is 5.62. The van der Waals surface area contributed by atoms with E-state index >= 15 is 0 Å². The number of amides is 4. The van der Waals surface area contributed by atoms with E-state index in [2.05, 4.69) is 17.2 Å². The minimum atomic E-state index is -0.861. The topological polar surface area (TPSA) is 74.2 Å². The third-order valence-corrected chi connectivity index (χ3v) is 6.53. The van der Waals surface area contributed by atoms with Gasteiger partial charge >= 0.3 is 12.1 Å². The van der Waals surface area contributed by atoms with E-state index in [0.29, 0.717) is 17.2 Å². The third kappa shape index (κ3) is 4.08. The SMILES string of the molecule is CCc1ccc(N2C(=O)N(c3ccc(C)cc3)C(=NC(=O)Nc3ccc(C)cc3)C23COC3)cc1. The molecule has 0 saturated carbocycles. The van der Waals surface area contributed by atoms with E-state index < -0.39 is 11.6 Å². The molecule has 0 aliphatic carbocycles. The molecular formula is C28H28N4O3. The zero-order valence-electron chi connectivity index (χ0n) is 20.1. The van der Waals surface area contributed by atoms with Gasteiger partial charge in [-0.1, -0.05) is 54.4 Å². The van der Waals surface area contributed by atoms with Gasteiger partial charge in [0, 0.05) is 11.4 Å². The minimum absolute atomic E-state index is 0.257. The van der Waals surface area contributed by atoms with Crippen LogP contribution in [0.5, 0.6) is 0 Å². The molecule has 5 rings (SSSR count). The second-order valence-electron chi connectivity index (χ2n) is 9.06. The van der Waals surface area contributed by atoms with Crippen LogP contribution >= 0.6 is 0 Å². The largest absolute Gasteiger partial charge is 0.375 e. The van der Waals surface area contributed by atoms with Crippen LogP contribution in [-0.4, -0.2) is 36.7 Å². The number of benzene rings is 3. The molecule has 4 amide bonds. The van der Waals surface area contributed by atoms with Gasteiger partial charge < -0.3 is 10.1 Å². The van der Waals surface area contributed by atoms with Crippen LogP contribution in [0.15, 0.2) is 77.8 Å². The van der Waals surface area contributed by atoms with Gasteiger partial charge in [0.2, 0.25) is 0 Å². The third-order valence-electron chi connectivity index (χ3n) is 6.53. The lowest BCUT2D eigenvalue weighted by atomic mass is 9.93. The molecular weight excluding hydrogens is 440 g/mol. The first kappa shape index (κ1) is 22.8. The van der Waals surface area contributed by atoms with Crippen LogP contribution in [0, 0.1) is 13.8 Å². The van der Waals surface area contributed by atoms with Gasteiger partial charge in [-0.2, -0.15) is 4.99 Å². The van der Waals surface area contributed by atoms with Crippen molar-refractivity contribution in [2.45, 2.75) is 32.7 Å². The smallest absolute Gasteiger partial charge is 0.347 e. The molecule has 0 aromatic heterocycles. The van der Waals surface area contributed by atoms with E-state index in [1.54, 1.807) is 4.90 Å². The number of hydrogen-bond donors (Lipinski definition) is 1. The zero-order chi connectivity index (χ0) is 24.6. The summed E-state index contributed by atoms with van der Waals surface area (Å²) in [4.78, 5) is 34.7. The molecule has 0 bridgehead atoms. The summed E-state index contributed by atoms with van der Waals surface area (Å²) in [5, 5.41) is 2.82. The monoisotopic (exact) mass is 468 g/mol. The highest BCUT2D eigenvalue weighted by Gasteiger charge is 2.61. The van der Waals surface area contributed by atoms with E-state index in [-0.39, 0.29) is 19.2 Å². The van der Waals surface area contributed by atoms with E-state index in [1.807, 2.05) is 86.6 Å². The van der Waals surface area contributed by atoms with E-state index in [4.69, 9.17) is 4.74 Å². The number of amidine groups is 1. The molecule has 2 aliphatic heterocycles. The maximum atomic E-state index is 13.9. The van der Waals surface area contributed by atoms with Crippen molar-refractivity contribution >= 4 is 35.0 Å². The molecule has 0 radical (unpaired) electrons. The molecule has 2 fully saturated rings. The van der Waals surface area contributed by atoms with Crippen molar-refractivity contribution in [3.8, 4) is 0 Å². The standard InChI is InChI=1S/C28H28N4O3/c1-4-21-9-15-24(16-10-21)32-27(34)31(23-13-7-20(3)8-14-23)25(28(32)17-35-18-28)30-26(33)29-22-11-5-19(2)6-12-22/h5-16H,4,17-18H2,1-3H3,(H,29,33). The second kappa shape index (κ2) is 9.00. The van der Waals surface area contributed by atoms with Gasteiger partial charge in [0.1, 0.15) is 0 Å². The number of nitrogens with zero attached hydrogens (tertiary/aromatic N) is 3. The quantitative estimate of drug-likeness (QED) is 0.533. The van der Waals surface area contributed by atoms with Crippen molar-refractivity contribution in [1.82, 2.24) is 0 Å². The number of aryl methyl sites for hydroxylation is 3. The summed E-state index contributed by atoms with van der Waals surface area (Å²) in [6, 6.07) is 22.2. The Kier molecular flexibility index (Phi) is 5.86. The van der Waals surface area contributed by atoms with Crippen molar-refractivity contribution in [1.29, 1.82) is 0 Å². The van der Waals surface area contributed by atoms with Gasteiger partial charge in [-0.05, 0) is 62.2 Å². The van der Waals surface area contributed by atoms with Crippen molar-refractivity contribution in [3.63, 3.8) is 0 Å². The number of anilines is 3. The van der Waals surface area contributed by atoms with Gasteiger partial charge in [-0.3, -0.25) is 4.90 Å². The molecule has 2 aliphatic rings. The molecule has 2 saturated heterocycles. The van der Waals surface area contributed by atoms with E-state index in [0.717, 1.165) is 23.2 Å².